The molecule has 0 radical (unpaired) electrons. The zero-order chi connectivity index (χ0) is 21.8. The predicted octanol–water partition coefficient (Wildman–Crippen LogP) is 3.50. The van der Waals surface area contributed by atoms with Gasteiger partial charge in [0.2, 0.25) is 0 Å². The van der Waals surface area contributed by atoms with E-state index in [9.17, 15) is 14.5 Å². The first kappa shape index (κ1) is 23.0. The van der Waals surface area contributed by atoms with Crippen molar-refractivity contribution < 1.29 is 33.7 Å². The van der Waals surface area contributed by atoms with Crippen LogP contribution in [0.5, 0.6) is 11.5 Å². The van der Waals surface area contributed by atoms with E-state index in [0.717, 1.165) is 11.1 Å². The number of methoxy groups -OCH3 is 1. The lowest BCUT2D eigenvalue weighted by Crippen LogP contribution is -2.05. The molecule has 0 aromatic heterocycles. The van der Waals surface area contributed by atoms with Crippen molar-refractivity contribution in [2.24, 2.45) is 0 Å². The number of carbonyl (C=O) groups is 1. The Morgan fingerprint density at radius 1 is 1.45 bits per heavy atom. The van der Waals surface area contributed by atoms with Crippen molar-refractivity contribution in [2.45, 2.75) is 58.2 Å². The van der Waals surface area contributed by atoms with Crippen molar-refractivity contribution in [3.63, 3.8) is 0 Å². The summed E-state index contributed by atoms with van der Waals surface area (Å²) in [6.45, 7) is 3.88. The second-order valence-electron chi connectivity index (χ2n) is 6.96. The average molecular weight is 423 g/mol. The van der Waals surface area contributed by atoms with E-state index in [0.29, 0.717) is 42.6 Å². The zero-order valence-electron chi connectivity index (χ0n) is 16.8. The van der Waals surface area contributed by atoms with Crippen LogP contribution in [0.4, 0.5) is 0 Å². The smallest absolute Gasteiger partial charge is 0.342 e. The molecule has 0 spiro atoms. The summed E-state index contributed by atoms with van der Waals surface area (Å²) in [7, 11) is -2.91. The third kappa shape index (κ3) is 4.99. The number of nitrogens with zero attached hydrogens (tertiary/aromatic N) is 1. The number of benzene rings is 1. The largest absolute Gasteiger partial charge is 0.507 e. The Hall–Kier alpha value is -2.33. The van der Waals surface area contributed by atoms with Gasteiger partial charge in [-0.1, -0.05) is 18.6 Å². The number of esters is 1. The van der Waals surface area contributed by atoms with Crippen LogP contribution in [0.2, 0.25) is 0 Å². The second-order valence-corrected chi connectivity index (χ2v) is 8.76. The molecule has 1 aliphatic rings. The number of rotatable bonds is 9. The van der Waals surface area contributed by atoms with Crippen LogP contribution in [0.1, 0.15) is 59.7 Å². The number of phenolic OH excluding ortho intramolecular Hbond substituents is 1. The van der Waals surface area contributed by atoms with Gasteiger partial charge in [0.1, 0.15) is 29.3 Å². The number of carbonyl (C=O) groups excluding carboxylic acids is 1. The highest BCUT2D eigenvalue weighted by molar-refractivity contribution is 7.52. The number of cyclic esters (lactones) is 1. The number of aromatic hydroxyl groups is 1. The molecular weight excluding hydrogens is 397 g/mol. The van der Waals surface area contributed by atoms with E-state index >= 15 is 0 Å². The monoisotopic (exact) mass is 423 g/mol. The third-order valence-electron chi connectivity index (χ3n) is 5.23. The minimum absolute atomic E-state index is 0.108. The Morgan fingerprint density at radius 3 is 2.69 bits per heavy atom. The van der Waals surface area contributed by atoms with Crippen molar-refractivity contribution in [3.8, 4) is 17.6 Å². The van der Waals surface area contributed by atoms with Crippen LogP contribution < -0.4 is 4.74 Å². The molecule has 0 aliphatic carbocycles. The third-order valence-corrected chi connectivity index (χ3v) is 6.41. The Morgan fingerprint density at radius 2 is 2.14 bits per heavy atom. The molecule has 0 fully saturated rings. The summed E-state index contributed by atoms with van der Waals surface area (Å²) in [5, 5.41) is 19.6. The summed E-state index contributed by atoms with van der Waals surface area (Å²) in [4.78, 5) is 30.3. The molecule has 1 aromatic carbocycles. The van der Waals surface area contributed by atoms with Crippen molar-refractivity contribution >= 4 is 13.6 Å². The molecule has 0 saturated carbocycles. The molecule has 0 bridgehead atoms. The summed E-state index contributed by atoms with van der Waals surface area (Å²) in [6.07, 6.45) is 4.10. The highest BCUT2D eigenvalue weighted by atomic mass is 31.2. The zero-order valence-corrected chi connectivity index (χ0v) is 17.7. The number of ether oxygens (including phenoxy) is 2. The molecule has 1 unspecified atom stereocenters. The maximum atomic E-state index is 12.0. The summed E-state index contributed by atoms with van der Waals surface area (Å²) in [5.41, 5.74) is 1.80. The van der Waals surface area contributed by atoms with Crippen LogP contribution in [0, 0.1) is 18.3 Å². The molecule has 0 saturated heterocycles. The fraction of sp³-hybridized carbons (Fsp3) is 0.500. The lowest BCUT2D eigenvalue weighted by atomic mass is 9.94. The number of phenols is 1. The van der Waals surface area contributed by atoms with Gasteiger partial charge in [0.15, 0.2) is 0 Å². The van der Waals surface area contributed by atoms with Gasteiger partial charge in [-0.05, 0) is 44.6 Å². The van der Waals surface area contributed by atoms with Crippen molar-refractivity contribution in [2.75, 3.05) is 7.11 Å². The van der Waals surface area contributed by atoms with E-state index in [2.05, 4.69) is 0 Å². The van der Waals surface area contributed by atoms with E-state index in [1.54, 1.807) is 6.07 Å². The minimum Gasteiger partial charge on any atom is -0.507 e. The van der Waals surface area contributed by atoms with Gasteiger partial charge in [-0.15, -0.1) is 0 Å². The SMILES string of the molecule is CCC(=CCc1c(O)c2c(c(C)c1OC)COC2=O)CCCC(C#N)P(=O)(O)O. The van der Waals surface area contributed by atoms with Gasteiger partial charge < -0.3 is 24.4 Å². The van der Waals surface area contributed by atoms with E-state index < -0.39 is 19.2 Å². The Labute approximate surface area is 169 Å². The number of fused-ring (bicyclic) bond motifs is 1. The van der Waals surface area contributed by atoms with Gasteiger partial charge in [0, 0.05) is 11.1 Å². The Balaban J connectivity index is 2.20. The quantitative estimate of drug-likeness (QED) is 0.312. The molecule has 1 heterocycles. The van der Waals surface area contributed by atoms with Gasteiger partial charge in [-0.2, -0.15) is 5.26 Å². The molecule has 9 heteroatoms. The lowest BCUT2D eigenvalue weighted by Gasteiger charge is -2.16. The van der Waals surface area contributed by atoms with Crippen LogP contribution in [0.15, 0.2) is 11.6 Å². The van der Waals surface area contributed by atoms with Gasteiger partial charge in [-0.3, -0.25) is 4.57 Å². The highest BCUT2D eigenvalue weighted by Crippen LogP contribution is 2.44. The van der Waals surface area contributed by atoms with Crippen LogP contribution >= 0.6 is 7.60 Å². The first-order valence-corrected chi connectivity index (χ1v) is 11.0. The van der Waals surface area contributed by atoms with Crippen LogP contribution in [0.25, 0.3) is 0 Å². The van der Waals surface area contributed by atoms with Gasteiger partial charge >= 0.3 is 13.6 Å². The molecule has 8 nitrogen and oxygen atoms in total. The highest BCUT2D eigenvalue weighted by Gasteiger charge is 2.32. The molecule has 2 rings (SSSR count). The molecule has 1 atom stereocenters. The van der Waals surface area contributed by atoms with E-state index in [-0.39, 0.29) is 24.3 Å². The lowest BCUT2D eigenvalue weighted by molar-refractivity contribution is 0.0533. The Kier molecular flexibility index (Phi) is 7.48. The van der Waals surface area contributed by atoms with E-state index in [1.165, 1.54) is 7.11 Å². The minimum atomic E-state index is -4.42. The summed E-state index contributed by atoms with van der Waals surface area (Å²) < 4.78 is 21.8. The summed E-state index contributed by atoms with van der Waals surface area (Å²) in [6, 6.07) is 1.67. The summed E-state index contributed by atoms with van der Waals surface area (Å²) >= 11 is 0. The standard InChI is InChI=1S/C20H26NO7P/c1-4-13(6-5-7-14(10-21)29(24,25)26)8-9-15-18(22)17-16(11-28-20(17)23)12(2)19(15)27-3/h8,14,22H,4-7,9,11H2,1-3H3,(H2,24,25,26). The predicted molar refractivity (Wildman–Crippen MR) is 106 cm³/mol. The van der Waals surface area contributed by atoms with Crippen molar-refractivity contribution in [3.05, 3.63) is 33.9 Å². The molecule has 0 amide bonds. The van der Waals surface area contributed by atoms with Crippen LogP contribution in [-0.2, 0) is 22.3 Å². The number of hydrogen-bond acceptors (Lipinski definition) is 6. The molecule has 158 valence electrons. The van der Waals surface area contributed by atoms with Gasteiger partial charge in [0.25, 0.3) is 0 Å². The molecule has 1 aromatic rings. The van der Waals surface area contributed by atoms with Crippen molar-refractivity contribution in [1.29, 1.82) is 5.26 Å². The number of hydrogen-bond donors (Lipinski definition) is 3. The molecule has 3 N–H and O–H groups in total. The maximum absolute atomic E-state index is 12.0. The van der Waals surface area contributed by atoms with E-state index in [1.807, 2.05) is 19.9 Å². The average Bonchev–Trinajstić information content (AvgIpc) is 3.05. The molecular formula is C20H26NO7P. The van der Waals surface area contributed by atoms with Crippen LogP contribution in [0.3, 0.4) is 0 Å². The Bertz CT molecular complexity index is 911. The molecule has 1 aliphatic heterocycles. The number of nitriles is 1. The van der Waals surface area contributed by atoms with Gasteiger partial charge in [-0.25, -0.2) is 4.79 Å². The fourth-order valence-electron chi connectivity index (χ4n) is 3.53. The first-order chi connectivity index (χ1) is 13.6. The van der Waals surface area contributed by atoms with Crippen LogP contribution in [-0.4, -0.2) is 33.6 Å². The van der Waals surface area contributed by atoms with Gasteiger partial charge in [0.05, 0.1) is 13.2 Å². The maximum Gasteiger partial charge on any atom is 0.342 e. The summed E-state index contributed by atoms with van der Waals surface area (Å²) in [5.74, 6) is -0.177. The molecule has 29 heavy (non-hydrogen) atoms. The normalized spacial score (nSPS) is 14.9. The fourth-order valence-corrected chi connectivity index (χ4v) is 4.20. The second kappa shape index (κ2) is 9.45. The first-order valence-electron chi connectivity index (χ1n) is 9.36. The topological polar surface area (TPSA) is 137 Å². The van der Waals surface area contributed by atoms with E-state index in [4.69, 9.17) is 24.5 Å². The number of allylic oxidation sites excluding steroid dienone is 2. The van der Waals surface area contributed by atoms with Crippen molar-refractivity contribution in [1.82, 2.24) is 0 Å².